The average molecular weight is 497 g/mol. The van der Waals surface area contributed by atoms with Crippen molar-refractivity contribution in [2.24, 2.45) is 0 Å². The summed E-state index contributed by atoms with van der Waals surface area (Å²) in [6.07, 6.45) is 2.20. The van der Waals surface area contributed by atoms with Gasteiger partial charge in [-0.15, -0.1) is 0 Å². The SMILES string of the molecule is CC1=CC(OCc2cccc(F)n2)=C(Cl)C(O)N1c1cc(-c2cccc(C(C)(C)O)n2)ncc1C. The van der Waals surface area contributed by atoms with Gasteiger partial charge in [-0.3, -0.25) is 4.98 Å². The monoisotopic (exact) mass is 496 g/mol. The topological polar surface area (TPSA) is 91.6 Å². The van der Waals surface area contributed by atoms with Crippen molar-refractivity contribution < 1.29 is 19.3 Å². The fourth-order valence-corrected chi connectivity index (χ4v) is 3.91. The quantitative estimate of drug-likeness (QED) is 0.468. The number of anilines is 1. The van der Waals surface area contributed by atoms with Crippen molar-refractivity contribution >= 4 is 17.3 Å². The number of aryl methyl sites for hydroxylation is 1. The molecule has 4 heterocycles. The Morgan fingerprint density at radius 1 is 1.11 bits per heavy atom. The molecule has 0 aromatic carbocycles. The van der Waals surface area contributed by atoms with Gasteiger partial charge in [-0.1, -0.05) is 23.7 Å². The molecule has 1 unspecified atom stereocenters. The summed E-state index contributed by atoms with van der Waals surface area (Å²) < 4.78 is 19.1. The molecule has 0 bridgehead atoms. The first-order valence-electron chi connectivity index (χ1n) is 11.0. The Balaban J connectivity index is 1.63. The van der Waals surface area contributed by atoms with Crippen LogP contribution in [0.25, 0.3) is 11.4 Å². The fraction of sp³-hybridized carbons (Fsp3) is 0.269. The number of allylic oxidation sites excluding steroid dienone is 2. The third-order valence-corrected chi connectivity index (χ3v) is 5.93. The van der Waals surface area contributed by atoms with Gasteiger partial charge >= 0.3 is 0 Å². The lowest BCUT2D eigenvalue weighted by atomic mass is 10.0. The molecule has 0 spiro atoms. The number of nitrogens with zero attached hydrogens (tertiary/aromatic N) is 4. The molecule has 182 valence electrons. The van der Waals surface area contributed by atoms with Crippen molar-refractivity contribution in [2.75, 3.05) is 4.90 Å². The van der Waals surface area contributed by atoms with Crippen molar-refractivity contribution in [1.29, 1.82) is 0 Å². The van der Waals surface area contributed by atoms with Crippen LogP contribution in [0.5, 0.6) is 0 Å². The number of aliphatic hydroxyl groups excluding tert-OH is 1. The molecular weight excluding hydrogens is 471 g/mol. The lowest BCUT2D eigenvalue weighted by Crippen LogP contribution is -2.37. The molecule has 3 aromatic heterocycles. The maximum absolute atomic E-state index is 13.4. The van der Waals surface area contributed by atoms with Gasteiger partial charge in [-0.25, -0.2) is 9.97 Å². The second-order valence-electron chi connectivity index (χ2n) is 8.81. The Hall–Kier alpha value is -3.33. The van der Waals surface area contributed by atoms with Crippen molar-refractivity contribution in [2.45, 2.75) is 46.1 Å². The molecule has 2 N–H and O–H groups in total. The maximum atomic E-state index is 13.4. The van der Waals surface area contributed by atoms with Gasteiger partial charge in [-0.2, -0.15) is 4.39 Å². The summed E-state index contributed by atoms with van der Waals surface area (Å²) in [4.78, 5) is 14.5. The van der Waals surface area contributed by atoms with E-state index in [9.17, 15) is 14.6 Å². The van der Waals surface area contributed by atoms with Crippen LogP contribution in [0.1, 0.15) is 37.7 Å². The van der Waals surface area contributed by atoms with Crippen molar-refractivity contribution in [3.8, 4) is 11.4 Å². The van der Waals surface area contributed by atoms with Crippen LogP contribution >= 0.6 is 11.6 Å². The molecule has 3 aromatic rings. The molecule has 0 aliphatic carbocycles. The molecule has 35 heavy (non-hydrogen) atoms. The zero-order valence-electron chi connectivity index (χ0n) is 19.8. The smallest absolute Gasteiger partial charge is 0.213 e. The van der Waals surface area contributed by atoms with Gasteiger partial charge in [0.05, 0.1) is 28.5 Å². The summed E-state index contributed by atoms with van der Waals surface area (Å²) in [6, 6.07) is 11.6. The maximum Gasteiger partial charge on any atom is 0.213 e. The lowest BCUT2D eigenvalue weighted by molar-refractivity contribution is 0.0740. The van der Waals surface area contributed by atoms with Gasteiger partial charge in [0.1, 0.15) is 23.0 Å². The number of ether oxygens (including phenoxy) is 1. The largest absolute Gasteiger partial charge is 0.486 e. The number of halogens is 2. The van der Waals surface area contributed by atoms with E-state index in [0.29, 0.717) is 34.2 Å². The van der Waals surface area contributed by atoms with E-state index in [-0.39, 0.29) is 17.4 Å². The van der Waals surface area contributed by atoms with E-state index >= 15 is 0 Å². The van der Waals surface area contributed by atoms with Crippen LogP contribution in [-0.4, -0.2) is 31.4 Å². The van der Waals surface area contributed by atoms with E-state index in [1.807, 2.05) is 32.0 Å². The molecule has 7 nitrogen and oxygen atoms in total. The summed E-state index contributed by atoms with van der Waals surface area (Å²) in [5, 5.41) is 21.5. The standard InChI is InChI=1S/C26H26ClFN4O3/c1-15-13-29-19(18-8-6-9-22(31-18)26(3,4)34)12-20(15)32-16(2)11-21(24(27)25(32)33)35-14-17-7-5-10-23(28)30-17/h5-13,25,33-34H,14H2,1-4H3. The highest BCUT2D eigenvalue weighted by Crippen LogP contribution is 2.36. The van der Waals surface area contributed by atoms with E-state index < -0.39 is 17.8 Å². The molecule has 0 amide bonds. The van der Waals surface area contributed by atoms with Crippen molar-refractivity contribution in [3.63, 3.8) is 0 Å². The van der Waals surface area contributed by atoms with Gasteiger partial charge in [0.25, 0.3) is 0 Å². The number of hydrogen-bond acceptors (Lipinski definition) is 7. The van der Waals surface area contributed by atoms with E-state index in [1.165, 1.54) is 6.07 Å². The minimum atomic E-state index is -1.21. The van der Waals surface area contributed by atoms with Crippen LogP contribution in [0, 0.1) is 12.9 Å². The van der Waals surface area contributed by atoms with Crippen molar-refractivity contribution in [3.05, 3.63) is 94.1 Å². The summed E-state index contributed by atoms with van der Waals surface area (Å²) in [6.45, 7) is 7.05. The minimum Gasteiger partial charge on any atom is -0.486 e. The second-order valence-corrected chi connectivity index (χ2v) is 9.21. The Morgan fingerprint density at radius 3 is 2.57 bits per heavy atom. The van der Waals surface area contributed by atoms with E-state index in [1.54, 1.807) is 49.2 Å². The highest BCUT2D eigenvalue weighted by atomic mass is 35.5. The highest BCUT2D eigenvalue weighted by molar-refractivity contribution is 6.31. The van der Waals surface area contributed by atoms with E-state index in [4.69, 9.17) is 16.3 Å². The molecule has 1 aliphatic rings. The first kappa shape index (κ1) is 24.8. The van der Waals surface area contributed by atoms with Gasteiger partial charge in [0, 0.05) is 18.0 Å². The molecule has 0 radical (unpaired) electrons. The van der Waals surface area contributed by atoms with Gasteiger partial charge in [-0.05, 0) is 63.6 Å². The van der Waals surface area contributed by atoms with Crippen LogP contribution in [0.15, 0.2) is 71.2 Å². The fourth-order valence-electron chi connectivity index (χ4n) is 3.71. The molecule has 0 fully saturated rings. The molecule has 4 rings (SSSR count). The molecule has 0 saturated carbocycles. The molecular formula is C26H26ClFN4O3. The summed E-state index contributed by atoms with van der Waals surface area (Å²) in [5.74, 6) is -0.315. The predicted octanol–water partition coefficient (Wildman–Crippen LogP) is 4.92. The Morgan fingerprint density at radius 2 is 1.86 bits per heavy atom. The average Bonchev–Trinajstić information content (AvgIpc) is 2.81. The first-order valence-corrected chi connectivity index (χ1v) is 11.4. The lowest BCUT2D eigenvalue weighted by Gasteiger charge is -2.35. The van der Waals surface area contributed by atoms with E-state index in [2.05, 4.69) is 15.0 Å². The van der Waals surface area contributed by atoms with Crippen LogP contribution in [0.2, 0.25) is 0 Å². The van der Waals surface area contributed by atoms with E-state index in [0.717, 1.165) is 5.56 Å². The zero-order valence-corrected chi connectivity index (χ0v) is 20.6. The predicted molar refractivity (Wildman–Crippen MR) is 132 cm³/mol. The molecule has 1 aliphatic heterocycles. The number of hydrogen-bond donors (Lipinski definition) is 2. The van der Waals surface area contributed by atoms with Crippen LogP contribution in [0.4, 0.5) is 10.1 Å². The molecule has 0 saturated heterocycles. The summed E-state index contributed by atoms with van der Waals surface area (Å²) >= 11 is 6.49. The summed E-state index contributed by atoms with van der Waals surface area (Å²) in [7, 11) is 0. The van der Waals surface area contributed by atoms with Crippen LogP contribution in [0.3, 0.4) is 0 Å². The molecule has 9 heteroatoms. The van der Waals surface area contributed by atoms with Gasteiger partial charge in [0.15, 0.2) is 6.23 Å². The van der Waals surface area contributed by atoms with Crippen molar-refractivity contribution in [1.82, 2.24) is 15.0 Å². The summed E-state index contributed by atoms with van der Waals surface area (Å²) in [5.41, 5.74) is 3.19. The molecule has 1 atom stereocenters. The zero-order chi connectivity index (χ0) is 25.3. The first-order chi connectivity index (χ1) is 16.5. The Bertz CT molecular complexity index is 1320. The van der Waals surface area contributed by atoms with Gasteiger partial charge < -0.3 is 19.8 Å². The van der Waals surface area contributed by atoms with Crippen LogP contribution < -0.4 is 4.90 Å². The number of rotatable bonds is 6. The van der Waals surface area contributed by atoms with Gasteiger partial charge in [0.2, 0.25) is 5.95 Å². The highest BCUT2D eigenvalue weighted by Gasteiger charge is 2.30. The Kier molecular flexibility index (Phi) is 6.89. The Labute approximate surface area is 208 Å². The third-order valence-electron chi connectivity index (χ3n) is 5.55. The number of aromatic nitrogens is 3. The van der Waals surface area contributed by atoms with Crippen LogP contribution in [-0.2, 0) is 16.9 Å². The third kappa shape index (κ3) is 5.35. The normalized spacial score (nSPS) is 16.4. The number of aliphatic hydroxyl groups is 2. The second kappa shape index (κ2) is 9.73. The minimum absolute atomic E-state index is 0.00145. The number of pyridine rings is 3.